The minimum Gasteiger partial charge on any atom is -0.348 e. The first-order valence-electron chi connectivity index (χ1n) is 6.46. The second-order valence-electron chi connectivity index (χ2n) is 4.80. The summed E-state index contributed by atoms with van der Waals surface area (Å²) in [6.45, 7) is 2.04. The molecule has 4 heteroatoms. The molecule has 2 unspecified atom stereocenters. The molecule has 0 saturated carbocycles. The van der Waals surface area contributed by atoms with Crippen LogP contribution in [0.1, 0.15) is 43.4 Å². The molecule has 1 amide bonds. The van der Waals surface area contributed by atoms with Gasteiger partial charge in [-0.2, -0.15) is 0 Å². The first-order chi connectivity index (χ1) is 8.63. The van der Waals surface area contributed by atoms with Crippen LogP contribution in [0.15, 0.2) is 22.7 Å². The molecule has 98 valence electrons. The Balaban J connectivity index is 2.06. The Bertz CT molecular complexity index is 447. The van der Waals surface area contributed by atoms with Crippen LogP contribution in [-0.2, 0) is 11.2 Å². The number of rotatable bonds is 4. The minimum atomic E-state index is -0.383. The van der Waals surface area contributed by atoms with E-state index < -0.39 is 0 Å². The Hall–Kier alpha value is -0.870. The van der Waals surface area contributed by atoms with E-state index in [0.29, 0.717) is 0 Å². The molecular weight excluding hydrogens is 292 g/mol. The SMILES string of the molecule is CCCC(N)C(=O)NC1CCc2c(Br)cccc21. The van der Waals surface area contributed by atoms with Crippen LogP contribution >= 0.6 is 15.9 Å². The highest BCUT2D eigenvalue weighted by Gasteiger charge is 2.26. The van der Waals surface area contributed by atoms with E-state index in [1.807, 2.05) is 19.1 Å². The largest absolute Gasteiger partial charge is 0.348 e. The second-order valence-corrected chi connectivity index (χ2v) is 5.66. The van der Waals surface area contributed by atoms with Gasteiger partial charge in [0.1, 0.15) is 0 Å². The normalized spacial score (nSPS) is 19.4. The highest BCUT2D eigenvalue weighted by atomic mass is 79.9. The molecule has 0 bridgehead atoms. The van der Waals surface area contributed by atoms with E-state index in [2.05, 4.69) is 27.3 Å². The van der Waals surface area contributed by atoms with Crippen molar-refractivity contribution in [3.63, 3.8) is 0 Å². The third-order valence-corrected chi connectivity index (χ3v) is 4.21. The summed E-state index contributed by atoms with van der Waals surface area (Å²) in [6.07, 6.45) is 3.64. The molecule has 1 aliphatic carbocycles. The summed E-state index contributed by atoms with van der Waals surface area (Å²) in [4.78, 5) is 11.9. The van der Waals surface area contributed by atoms with Crippen molar-refractivity contribution in [1.29, 1.82) is 0 Å². The second kappa shape index (κ2) is 5.85. The Morgan fingerprint density at radius 3 is 3.11 bits per heavy atom. The van der Waals surface area contributed by atoms with Gasteiger partial charge in [-0.05, 0) is 36.5 Å². The highest BCUT2D eigenvalue weighted by molar-refractivity contribution is 9.10. The molecule has 1 aromatic carbocycles. The van der Waals surface area contributed by atoms with E-state index in [4.69, 9.17) is 5.73 Å². The molecule has 3 N–H and O–H groups in total. The molecule has 0 heterocycles. The van der Waals surface area contributed by atoms with Crippen LogP contribution in [0, 0.1) is 0 Å². The fraction of sp³-hybridized carbons (Fsp3) is 0.500. The smallest absolute Gasteiger partial charge is 0.237 e. The maximum absolute atomic E-state index is 11.9. The predicted molar refractivity (Wildman–Crippen MR) is 76.2 cm³/mol. The van der Waals surface area contributed by atoms with Gasteiger partial charge in [0.25, 0.3) is 0 Å². The van der Waals surface area contributed by atoms with Crippen LogP contribution in [0.25, 0.3) is 0 Å². The number of carbonyl (C=O) groups excluding carboxylic acids is 1. The molecular formula is C14H19BrN2O. The van der Waals surface area contributed by atoms with E-state index >= 15 is 0 Å². The van der Waals surface area contributed by atoms with E-state index in [1.54, 1.807) is 0 Å². The summed E-state index contributed by atoms with van der Waals surface area (Å²) < 4.78 is 1.13. The summed E-state index contributed by atoms with van der Waals surface area (Å²) in [5.41, 5.74) is 8.37. The fourth-order valence-electron chi connectivity index (χ4n) is 2.48. The average Bonchev–Trinajstić information content (AvgIpc) is 2.74. The fourth-order valence-corrected chi connectivity index (χ4v) is 3.06. The van der Waals surface area contributed by atoms with Crippen molar-refractivity contribution in [1.82, 2.24) is 5.32 Å². The Morgan fingerprint density at radius 1 is 1.61 bits per heavy atom. The zero-order valence-electron chi connectivity index (χ0n) is 10.6. The lowest BCUT2D eigenvalue weighted by atomic mass is 10.1. The van der Waals surface area contributed by atoms with E-state index in [-0.39, 0.29) is 18.0 Å². The van der Waals surface area contributed by atoms with Crippen molar-refractivity contribution >= 4 is 21.8 Å². The molecule has 0 fully saturated rings. The van der Waals surface area contributed by atoms with E-state index in [0.717, 1.165) is 30.2 Å². The summed E-state index contributed by atoms with van der Waals surface area (Å²) >= 11 is 3.56. The molecule has 1 aliphatic rings. The van der Waals surface area contributed by atoms with Crippen molar-refractivity contribution < 1.29 is 4.79 Å². The maximum Gasteiger partial charge on any atom is 0.237 e. The lowest BCUT2D eigenvalue weighted by Crippen LogP contribution is -2.41. The number of fused-ring (bicyclic) bond motifs is 1. The summed E-state index contributed by atoms with van der Waals surface area (Å²) in [5, 5.41) is 3.06. The van der Waals surface area contributed by atoms with Crippen LogP contribution in [-0.4, -0.2) is 11.9 Å². The lowest BCUT2D eigenvalue weighted by Gasteiger charge is -2.17. The number of hydrogen-bond donors (Lipinski definition) is 2. The van der Waals surface area contributed by atoms with Crippen molar-refractivity contribution in [2.24, 2.45) is 5.73 Å². The summed E-state index contributed by atoms with van der Waals surface area (Å²) in [6, 6.07) is 5.88. The van der Waals surface area contributed by atoms with Crippen molar-refractivity contribution in [3.05, 3.63) is 33.8 Å². The minimum absolute atomic E-state index is 0.0327. The maximum atomic E-state index is 11.9. The van der Waals surface area contributed by atoms with Crippen molar-refractivity contribution in [2.45, 2.75) is 44.7 Å². The number of benzene rings is 1. The molecule has 18 heavy (non-hydrogen) atoms. The predicted octanol–water partition coefficient (Wildman–Crippen LogP) is 2.68. The Kier molecular flexibility index (Phi) is 4.40. The van der Waals surface area contributed by atoms with Gasteiger partial charge in [0.2, 0.25) is 5.91 Å². The number of halogens is 1. The van der Waals surface area contributed by atoms with Gasteiger partial charge in [0, 0.05) is 4.47 Å². The molecule has 0 aromatic heterocycles. The zero-order valence-corrected chi connectivity index (χ0v) is 12.2. The number of amides is 1. The lowest BCUT2D eigenvalue weighted by molar-refractivity contribution is -0.123. The molecule has 3 nitrogen and oxygen atoms in total. The molecule has 0 saturated heterocycles. The van der Waals surface area contributed by atoms with Gasteiger partial charge in [-0.1, -0.05) is 41.4 Å². The van der Waals surface area contributed by atoms with Crippen LogP contribution in [0.5, 0.6) is 0 Å². The topological polar surface area (TPSA) is 55.1 Å². The van der Waals surface area contributed by atoms with Crippen molar-refractivity contribution in [2.75, 3.05) is 0 Å². The number of hydrogen-bond acceptors (Lipinski definition) is 2. The van der Waals surface area contributed by atoms with Crippen molar-refractivity contribution in [3.8, 4) is 0 Å². The van der Waals surface area contributed by atoms with Crippen LogP contribution in [0.2, 0.25) is 0 Å². The first-order valence-corrected chi connectivity index (χ1v) is 7.26. The van der Waals surface area contributed by atoms with Gasteiger partial charge in [0.05, 0.1) is 12.1 Å². The van der Waals surface area contributed by atoms with E-state index in [1.165, 1.54) is 11.1 Å². The standard InChI is InChI=1S/C14H19BrN2O/c1-2-4-12(16)14(18)17-13-8-7-9-10(13)5-3-6-11(9)15/h3,5-6,12-13H,2,4,7-8,16H2,1H3,(H,17,18). The first kappa shape index (κ1) is 13.6. The van der Waals surface area contributed by atoms with Gasteiger partial charge in [0.15, 0.2) is 0 Å². The number of carbonyl (C=O) groups is 1. The van der Waals surface area contributed by atoms with Gasteiger partial charge in [-0.3, -0.25) is 4.79 Å². The van der Waals surface area contributed by atoms with Gasteiger partial charge in [-0.15, -0.1) is 0 Å². The summed E-state index contributed by atoms with van der Waals surface area (Å²) in [5.74, 6) is -0.0327. The highest BCUT2D eigenvalue weighted by Crippen LogP contribution is 2.35. The summed E-state index contributed by atoms with van der Waals surface area (Å²) in [7, 11) is 0. The van der Waals surface area contributed by atoms with Gasteiger partial charge < -0.3 is 11.1 Å². The molecule has 1 aromatic rings. The van der Waals surface area contributed by atoms with Gasteiger partial charge >= 0.3 is 0 Å². The quantitative estimate of drug-likeness (QED) is 0.898. The van der Waals surface area contributed by atoms with Crippen LogP contribution in [0.4, 0.5) is 0 Å². The monoisotopic (exact) mass is 310 g/mol. The third kappa shape index (κ3) is 2.75. The number of nitrogens with two attached hydrogens (primary N) is 1. The van der Waals surface area contributed by atoms with Crippen LogP contribution in [0.3, 0.4) is 0 Å². The van der Waals surface area contributed by atoms with Gasteiger partial charge in [-0.25, -0.2) is 0 Å². The van der Waals surface area contributed by atoms with E-state index in [9.17, 15) is 4.79 Å². The number of nitrogens with one attached hydrogen (secondary N) is 1. The average molecular weight is 311 g/mol. The Morgan fingerprint density at radius 2 is 2.39 bits per heavy atom. The molecule has 0 spiro atoms. The zero-order chi connectivity index (χ0) is 13.1. The third-order valence-electron chi connectivity index (χ3n) is 3.47. The molecule has 0 radical (unpaired) electrons. The Labute approximate surface area is 116 Å². The molecule has 0 aliphatic heterocycles. The molecule has 2 atom stereocenters. The molecule has 2 rings (SSSR count). The van der Waals surface area contributed by atoms with Crippen LogP contribution < -0.4 is 11.1 Å².